The predicted molar refractivity (Wildman–Crippen MR) is 62.7 cm³/mol. The van der Waals surface area contributed by atoms with Gasteiger partial charge < -0.3 is 10.8 Å². The van der Waals surface area contributed by atoms with Crippen LogP contribution in [-0.4, -0.2) is 17.8 Å². The van der Waals surface area contributed by atoms with Crippen LogP contribution < -0.4 is 5.73 Å². The van der Waals surface area contributed by atoms with Crippen molar-refractivity contribution in [2.45, 2.75) is 12.5 Å². The fourth-order valence-corrected chi connectivity index (χ4v) is 1.82. The van der Waals surface area contributed by atoms with Crippen molar-refractivity contribution in [3.05, 3.63) is 48.0 Å². The molecule has 0 aliphatic rings. The topological polar surface area (TPSA) is 46.2 Å². The van der Waals surface area contributed by atoms with Crippen molar-refractivity contribution in [2.24, 2.45) is 5.73 Å². The maximum Gasteiger partial charge on any atom is 0.0585 e. The van der Waals surface area contributed by atoms with Crippen LogP contribution in [0.15, 0.2) is 42.5 Å². The maximum atomic E-state index is 8.94. The highest BCUT2D eigenvalue weighted by Gasteiger charge is 2.05. The smallest absolute Gasteiger partial charge is 0.0585 e. The van der Waals surface area contributed by atoms with Crippen LogP contribution in [0.1, 0.15) is 5.56 Å². The van der Waals surface area contributed by atoms with Crippen molar-refractivity contribution in [1.82, 2.24) is 0 Å². The Balaban J connectivity index is 2.42. The molecule has 78 valence electrons. The molecule has 0 spiro atoms. The maximum absolute atomic E-state index is 8.94. The lowest BCUT2D eigenvalue weighted by molar-refractivity contribution is 0.265. The first-order chi connectivity index (χ1) is 7.31. The second-order valence-electron chi connectivity index (χ2n) is 3.79. The van der Waals surface area contributed by atoms with E-state index in [2.05, 4.69) is 24.3 Å². The molecule has 0 saturated heterocycles. The summed E-state index contributed by atoms with van der Waals surface area (Å²) < 4.78 is 0. The third kappa shape index (κ3) is 2.17. The van der Waals surface area contributed by atoms with Gasteiger partial charge in [-0.15, -0.1) is 0 Å². The lowest BCUT2D eigenvalue weighted by Gasteiger charge is -2.10. The number of aliphatic hydroxyl groups excluding tert-OH is 1. The van der Waals surface area contributed by atoms with Gasteiger partial charge in [-0.05, 0) is 22.8 Å². The Morgan fingerprint density at radius 3 is 2.60 bits per heavy atom. The van der Waals surface area contributed by atoms with Gasteiger partial charge in [-0.1, -0.05) is 42.5 Å². The van der Waals surface area contributed by atoms with Gasteiger partial charge in [0, 0.05) is 6.04 Å². The van der Waals surface area contributed by atoms with Gasteiger partial charge in [0.15, 0.2) is 0 Å². The van der Waals surface area contributed by atoms with E-state index in [0.29, 0.717) is 0 Å². The number of fused-ring (bicyclic) bond motifs is 1. The molecule has 2 heteroatoms. The molecule has 2 aromatic rings. The van der Waals surface area contributed by atoms with Crippen LogP contribution in [0.3, 0.4) is 0 Å². The minimum atomic E-state index is -0.171. The first-order valence-electron chi connectivity index (χ1n) is 5.14. The first kappa shape index (κ1) is 10.1. The Bertz CT molecular complexity index is 448. The molecule has 0 bridgehead atoms. The molecule has 0 aromatic heterocycles. The van der Waals surface area contributed by atoms with Crippen LogP contribution in [0.4, 0.5) is 0 Å². The zero-order valence-corrected chi connectivity index (χ0v) is 8.56. The van der Waals surface area contributed by atoms with Gasteiger partial charge in [0.05, 0.1) is 6.61 Å². The van der Waals surface area contributed by atoms with Crippen molar-refractivity contribution in [1.29, 1.82) is 0 Å². The summed E-state index contributed by atoms with van der Waals surface area (Å²) in [5, 5.41) is 11.4. The number of nitrogens with two attached hydrogens (primary N) is 1. The molecule has 0 radical (unpaired) electrons. The molecule has 2 nitrogen and oxygen atoms in total. The summed E-state index contributed by atoms with van der Waals surface area (Å²) in [5.41, 5.74) is 6.95. The summed E-state index contributed by atoms with van der Waals surface area (Å²) in [6, 6.07) is 14.2. The lowest BCUT2D eigenvalue weighted by Crippen LogP contribution is -2.26. The van der Waals surface area contributed by atoms with Gasteiger partial charge in [-0.2, -0.15) is 0 Å². The molecule has 0 amide bonds. The summed E-state index contributed by atoms with van der Waals surface area (Å²) in [4.78, 5) is 0. The summed E-state index contributed by atoms with van der Waals surface area (Å²) in [6.07, 6.45) is 0.720. The fourth-order valence-electron chi connectivity index (χ4n) is 1.82. The Morgan fingerprint density at radius 1 is 1.07 bits per heavy atom. The van der Waals surface area contributed by atoms with Crippen LogP contribution in [0, 0.1) is 0 Å². The molecule has 2 aromatic carbocycles. The summed E-state index contributed by atoms with van der Waals surface area (Å²) in [6.45, 7) is 0.0310. The second-order valence-corrected chi connectivity index (χ2v) is 3.79. The molecule has 0 saturated carbocycles. The van der Waals surface area contributed by atoms with Crippen molar-refractivity contribution in [3.63, 3.8) is 0 Å². The highest BCUT2D eigenvalue weighted by Crippen LogP contribution is 2.19. The Kier molecular flexibility index (Phi) is 2.99. The molecule has 0 aliphatic carbocycles. The molecule has 0 unspecified atom stereocenters. The minimum absolute atomic E-state index is 0.0310. The summed E-state index contributed by atoms with van der Waals surface area (Å²) in [7, 11) is 0. The molecule has 2 rings (SSSR count). The molecule has 1 atom stereocenters. The average molecular weight is 201 g/mol. The third-order valence-corrected chi connectivity index (χ3v) is 2.60. The molecule has 15 heavy (non-hydrogen) atoms. The van der Waals surface area contributed by atoms with Crippen molar-refractivity contribution < 1.29 is 5.11 Å². The average Bonchev–Trinajstić information content (AvgIpc) is 2.29. The molecular formula is C13H15NO. The van der Waals surface area contributed by atoms with Crippen LogP contribution in [-0.2, 0) is 6.42 Å². The number of hydrogen-bond donors (Lipinski definition) is 2. The summed E-state index contributed by atoms with van der Waals surface area (Å²) in [5.74, 6) is 0. The zero-order valence-electron chi connectivity index (χ0n) is 8.56. The molecule has 0 fully saturated rings. The van der Waals surface area contributed by atoms with Crippen LogP contribution >= 0.6 is 0 Å². The van der Waals surface area contributed by atoms with Crippen LogP contribution in [0.5, 0.6) is 0 Å². The van der Waals surface area contributed by atoms with E-state index in [1.807, 2.05) is 18.2 Å². The van der Waals surface area contributed by atoms with Gasteiger partial charge in [-0.25, -0.2) is 0 Å². The van der Waals surface area contributed by atoms with E-state index >= 15 is 0 Å². The number of aliphatic hydroxyl groups is 1. The first-order valence-corrected chi connectivity index (χ1v) is 5.14. The Morgan fingerprint density at radius 2 is 1.80 bits per heavy atom. The third-order valence-electron chi connectivity index (χ3n) is 2.60. The van der Waals surface area contributed by atoms with Gasteiger partial charge in [0.1, 0.15) is 0 Å². The normalized spacial score (nSPS) is 12.9. The van der Waals surface area contributed by atoms with Crippen molar-refractivity contribution >= 4 is 10.8 Å². The Labute approximate surface area is 89.3 Å². The largest absolute Gasteiger partial charge is 0.395 e. The van der Waals surface area contributed by atoms with E-state index in [0.717, 1.165) is 6.42 Å². The van der Waals surface area contributed by atoms with Crippen LogP contribution in [0.25, 0.3) is 10.8 Å². The molecule has 0 heterocycles. The van der Waals surface area contributed by atoms with E-state index < -0.39 is 0 Å². The lowest BCUT2D eigenvalue weighted by atomic mass is 9.99. The van der Waals surface area contributed by atoms with Crippen molar-refractivity contribution in [3.8, 4) is 0 Å². The number of hydrogen-bond acceptors (Lipinski definition) is 2. The van der Waals surface area contributed by atoms with E-state index in [4.69, 9.17) is 10.8 Å². The van der Waals surface area contributed by atoms with Crippen molar-refractivity contribution in [2.75, 3.05) is 6.61 Å². The quantitative estimate of drug-likeness (QED) is 0.794. The Hall–Kier alpha value is -1.38. The van der Waals surface area contributed by atoms with Gasteiger partial charge >= 0.3 is 0 Å². The van der Waals surface area contributed by atoms with Crippen LogP contribution in [0.2, 0.25) is 0 Å². The predicted octanol–water partition coefficient (Wildman–Crippen LogP) is 1.70. The zero-order chi connectivity index (χ0) is 10.7. The van der Waals surface area contributed by atoms with E-state index in [1.165, 1.54) is 16.3 Å². The highest BCUT2D eigenvalue weighted by atomic mass is 16.3. The number of rotatable bonds is 3. The van der Waals surface area contributed by atoms with Gasteiger partial charge in [-0.3, -0.25) is 0 Å². The van der Waals surface area contributed by atoms with E-state index in [9.17, 15) is 0 Å². The summed E-state index contributed by atoms with van der Waals surface area (Å²) >= 11 is 0. The monoisotopic (exact) mass is 201 g/mol. The number of benzene rings is 2. The van der Waals surface area contributed by atoms with E-state index in [-0.39, 0.29) is 12.6 Å². The van der Waals surface area contributed by atoms with Gasteiger partial charge in [0.25, 0.3) is 0 Å². The molecule has 0 aliphatic heterocycles. The minimum Gasteiger partial charge on any atom is -0.395 e. The molecular weight excluding hydrogens is 186 g/mol. The SMILES string of the molecule is N[C@@H](CO)Cc1cccc2ccccc12. The fraction of sp³-hybridized carbons (Fsp3) is 0.231. The highest BCUT2D eigenvalue weighted by molar-refractivity contribution is 5.85. The van der Waals surface area contributed by atoms with E-state index in [1.54, 1.807) is 0 Å². The van der Waals surface area contributed by atoms with Gasteiger partial charge in [0.2, 0.25) is 0 Å². The second kappa shape index (κ2) is 4.43. The standard InChI is InChI=1S/C13H15NO/c14-12(9-15)8-11-6-3-5-10-4-1-2-7-13(10)11/h1-7,12,15H,8-9,14H2/t12-/m1/s1. The molecule has 3 N–H and O–H groups in total.